The average Bonchev–Trinajstić information content (AvgIpc) is 3.68. The third-order valence-electron chi connectivity index (χ3n) is 6.21. The van der Waals surface area contributed by atoms with Gasteiger partial charge in [-0.15, -0.1) is 11.3 Å². The Morgan fingerprint density at radius 2 is 1.82 bits per heavy atom. The molecule has 0 radical (unpaired) electrons. The second-order valence-corrected chi connectivity index (χ2v) is 9.60. The van der Waals surface area contributed by atoms with Crippen LogP contribution < -0.4 is 25.0 Å². The van der Waals surface area contributed by atoms with Gasteiger partial charge in [0.1, 0.15) is 6.04 Å². The van der Waals surface area contributed by atoms with Gasteiger partial charge in [0.2, 0.25) is 11.8 Å². The molecule has 200 valence electrons. The lowest BCUT2D eigenvalue weighted by molar-refractivity contribution is -0.126. The number of nitrogens with one attached hydrogen (secondary N) is 2. The molecule has 0 unspecified atom stereocenters. The van der Waals surface area contributed by atoms with Gasteiger partial charge in [0.25, 0.3) is 5.91 Å². The fourth-order valence-corrected chi connectivity index (χ4v) is 4.96. The zero-order chi connectivity index (χ0) is 26.9. The summed E-state index contributed by atoms with van der Waals surface area (Å²) in [5.74, 6) is -0.265. The molecule has 0 saturated carbocycles. The van der Waals surface area contributed by atoms with Gasteiger partial charge in [-0.2, -0.15) is 0 Å². The molecule has 2 atom stereocenters. The van der Waals surface area contributed by atoms with Gasteiger partial charge in [0, 0.05) is 18.8 Å². The number of anilines is 1. The first-order valence-electron chi connectivity index (χ1n) is 12.3. The zero-order valence-electron chi connectivity index (χ0n) is 21.3. The molecule has 2 heterocycles. The van der Waals surface area contributed by atoms with Gasteiger partial charge >= 0.3 is 0 Å². The van der Waals surface area contributed by atoms with E-state index in [9.17, 15) is 14.4 Å². The molecule has 2 N–H and O–H groups in total. The quantitative estimate of drug-likeness (QED) is 0.388. The molecule has 1 aliphatic heterocycles. The van der Waals surface area contributed by atoms with Gasteiger partial charge in [0.05, 0.1) is 31.7 Å². The minimum absolute atomic E-state index is 0.0732. The predicted molar refractivity (Wildman–Crippen MR) is 145 cm³/mol. The third-order valence-corrected chi connectivity index (χ3v) is 7.07. The number of carbonyl (C=O) groups excluding carboxylic acids is 3. The SMILES string of the molecule is COc1ccc([C@H](C(=O)NC[C@@H]2CCCO2)N(C(=O)CNC(=O)c2cccs2)c2ccccc2)cc1OC. The highest BCUT2D eigenvalue weighted by molar-refractivity contribution is 7.12. The number of carbonyl (C=O) groups is 3. The molecule has 1 aromatic heterocycles. The molecular weight excluding hydrogens is 506 g/mol. The van der Waals surface area contributed by atoms with Crippen LogP contribution in [0.15, 0.2) is 66.0 Å². The van der Waals surface area contributed by atoms with Crippen molar-refractivity contribution in [1.82, 2.24) is 10.6 Å². The van der Waals surface area contributed by atoms with E-state index >= 15 is 0 Å². The molecule has 0 bridgehead atoms. The molecule has 9 nitrogen and oxygen atoms in total. The van der Waals surface area contributed by atoms with E-state index in [1.165, 1.54) is 30.5 Å². The van der Waals surface area contributed by atoms with Gasteiger partial charge in [-0.05, 0) is 54.1 Å². The Bertz CT molecular complexity index is 1230. The fourth-order valence-electron chi connectivity index (χ4n) is 4.32. The lowest BCUT2D eigenvalue weighted by atomic mass is 10.0. The molecule has 0 spiro atoms. The smallest absolute Gasteiger partial charge is 0.261 e. The van der Waals surface area contributed by atoms with Crippen molar-refractivity contribution in [2.45, 2.75) is 25.0 Å². The monoisotopic (exact) mass is 537 g/mol. The maximum absolute atomic E-state index is 13.8. The number of amides is 3. The van der Waals surface area contributed by atoms with Crippen molar-refractivity contribution in [1.29, 1.82) is 0 Å². The lowest BCUT2D eigenvalue weighted by Gasteiger charge is -2.32. The summed E-state index contributed by atoms with van der Waals surface area (Å²) in [6.45, 7) is 0.696. The van der Waals surface area contributed by atoms with E-state index in [2.05, 4.69) is 10.6 Å². The average molecular weight is 538 g/mol. The molecule has 1 fully saturated rings. The minimum Gasteiger partial charge on any atom is -0.493 e. The number of thiophene rings is 1. The fraction of sp³-hybridized carbons (Fsp3) is 0.321. The molecule has 38 heavy (non-hydrogen) atoms. The van der Waals surface area contributed by atoms with Gasteiger partial charge in [0.15, 0.2) is 11.5 Å². The second kappa shape index (κ2) is 13.1. The minimum atomic E-state index is -1.05. The Labute approximate surface area is 225 Å². The molecule has 2 aromatic carbocycles. The zero-order valence-corrected chi connectivity index (χ0v) is 22.2. The van der Waals surface area contributed by atoms with Gasteiger partial charge in [-0.25, -0.2) is 0 Å². The topological polar surface area (TPSA) is 106 Å². The van der Waals surface area contributed by atoms with Crippen LogP contribution in [0.4, 0.5) is 5.69 Å². The first-order chi connectivity index (χ1) is 18.5. The van der Waals surface area contributed by atoms with E-state index in [1.54, 1.807) is 60.0 Å². The summed E-state index contributed by atoms with van der Waals surface area (Å²) < 4.78 is 16.5. The Hall–Kier alpha value is -3.89. The normalized spacial score (nSPS) is 15.4. The molecule has 1 saturated heterocycles. The van der Waals surface area contributed by atoms with E-state index in [0.717, 1.165) is 12.8 Å². The summed E-state index contributed by atoms with van der Waals surface area (Å²) in [6.07, 6.45) is 1.73. The maximum atomic E-state index is 13.8. The second-order valence-electron chi connectivity index (χ2n) is 8.66. The number of para-hydroxylation sites is 1. The van der Waals surface area contributed by atoms with Crippen molar-refractivity contribution in [2.75, 3.05) is 38.8 Å². The van der Waals surface area contributed by atoms with E-state index < -0.39 is 11.9 Å². The number of hydrogen-bond donors (Lipinski definition) is 2. The molecule has 4 rings (SSSR count). The Balaban J connectivity index is 1.68. The number of benzene rings is 2. The Morgan fingerprint density at radius 1 is 1.03 bits per heavy atom. The van der Waals surface area contributed by atoms with Crippen molar-refractivity contribution < 1.29 is 28.6 Å². The predicted octanol–water partition coefficient (Wildman–Crippen LogP) is 3.56. The van der Waals surface area contributed by atoms with Crippen LogP contribution in [0.2, 0.25) is 0 Å². The molecule has 10 heteroatoms. The Kier molecular flexibility index (Phi) is 9.34. The summed E-state index contributed by atoms with van der Waals surface area (Å²) in [5, 5.41) is 7.44. The van der Waals surface area contributed by atoms with Crippen LogP contribution in [-0.4, -0.2) is 57.7 Å². The van der Waals surface area contributed by atoms with Gasteiger partial charge in [-0.1, -0.05) is 30.3 Å². The number of rotatable bonds is 11. The number of ether oxygens (including phenoxy) is 3. The van der Waals surface area contributed by atoms with Gasteiger partial charge in [-0.3, -0.25) is 19.3 Å². The van der Waals surface area contributed by atoms with E-state index in [4.69, 9.17) is 14.2 Å². The van der Waals surface area contributed by atoms with Gasteiger partial charge < -0.3 is 24.8 Å². The van der Waals surface area contributed by atoms with E-state index in [1.807, 2.05) is 6.07 Å². The number of hydrogen-bond acceptors (Lipinski definition) is 7. The highest BCUT2D eigenvalue weighted by Gasteiger charge is 2.34. The molecule has 0 aliphatic carbocycles. The van der Waals surface area contributed by atoms with Crippen LogP contribution in [0.3, 0.4) is 0 Å². The summed E-state index contributed by atoms with van der Waals surface area (Å²) in [6, 6.07) is 16.4. The van der Waals surface area contributed by atoms with E-state index in [-0.39, 0.29) is 24.5 Å². The van der Waals surface area contributed by atoms with Crippen molar-refractivity contribution in [3.8, 4) is 11.5 Å². The first kappa shape index (κ1) is 27.2. The molecular formula is C28H31N3O6S. The number of methoxy groups -OCH3 is 2. The summed E-state index contributed by atoms with van der Waals surface area (Å²) in [7, 11) is 3.04. The standard InChI is InChI=1S/C28H31N3O6S/c1-35-22-13-12-19(16-23(22)36-2)26(28(34)29-17-21-10-6-14-37-21)31(20-8-4-3-5-9-20)25(32)18-30-27(33)24-11-7-15-38-24/h3-5,7-9,11-13,15-16,21,26H,6,10,14,17-18H2,1-2H3,(H,29,34)(H,30,33)/t21-,26+/m0/s1. The van der Waals surface area contributed by atoms with Crippen LogP contribution in [-0.2, 0) is 14.3 Å². The summed E-state index contributed by atoms with van der Waals surface area (Å²) in [5.41, 5.74) is 1.03. The third kappa shape index (κ3) is 6.51. The van der Waals surface area contributed by atoms with Crippen LogP contribution >= 0.6 is 11.3 Å². The molecule has 1 aliphatic rings. The highest BCUT2D eigenvalue weighted by atomic mass is 32.1. The van der Waals surface area contributed by atoms with Crippen molar-refractivity contribution in [2.24, 2.45) is 0 Å². The van der Waals surface area contributed by atoms with Crippen LogP contribution in [0.1, 0.15) is 34.1 Å². The van der Waals surface area contributed by atoms with Crippen LogP contribution in [0.25, 0.3) is 0 Å². The number of nitrogens with zero attached hydrogens (tertiary/aromatic N) is 1. The molecule has 3 aromatic rings. The molecule has 3 amide bonds. The largest absolute Gasteiger partial charge is 0.493 e. The lowest BCUT2D eigenvalue weighted by Crippen LogP contribution is -2.48. The Morgan fingerprint density at radius 3 is 2.47 bits per heavy atom. The van der Waals surface area contributed by atoms with E-state index in [0.29, 0.717) is 40.8 Å². The summed E-state index contributed by atoms with van der Waals surface area (Å²) in [4.78, 5) is 42.0. The highest BCUT2D eigenvalue weighted by Crippen LogP contribution is 2.34. The van der Waals surface area contributed by atoms with Crippen LogP contribution in [0.5, 0.6) is 11.5 Å². The van der Waals surface area contributed by atoms with Crippen molar-refractivity contribution in [3.05, 3.63) is 76.5 Å². The van der Waals surface area contributed by atoms with Crippen molar-refractivity contribution in [3.63, 3.8) is 0 Å². The first-order valence-corrected chi connectivity index (χ1v) is 13.2. The van der Waals surface area contributed by atoms with Crippen molar-refractivity contribution >= 4 is 34.7 Å². The maximum Gasteiger partial charge on any atom is 0.261 e. The van der Waals surface area contributed by atoms with Crippen LogP contribution in [0, 0.1) is 0 Å². The summed E-state index contributed by atoms with van der Waals surface area (Å²) >= 11 is 1.28.